The summed E-state index contributed by atoms with van der Waals surface area (Å²) in [4.78, 5) is 14.0. The van der Waals surface area contributed by atoms with Crippen molar-refractivity contribution in [1.29, 1.82) is 0 Å². The van der Waals surface area contributed by atoms with Crippen molar-refractivity contribution in [1.82, 2.24) is 10.3 Å². The SMILES string of the molecule is Cc1oc(CN2CC3CCCC3C2)cc1C(=O)NN. The first-order valence-corrected chi connectivity index (χ1v) is 7.00. The molecule has 1 amide bonds. The molecule has 1 aromatic heterocycles. The predicted octanol–water partition coefficient (Wildman–Crippen LogP) is 1.42. The first-order valence-electron chi connectivity index (χ1n) is 7.00. The summed E-state index contributed by atoms with van der Waals surface area (Å²) < 4.78 is 5.66. The molecular weight excluding hydrogens is 242 g/mol. The number of fused-ring (bicyclic) bond motifs is 1. The minimum Gasteiger partial charge on any atom is -0.464 e. The topological polar surface area (TPSA) is 71.5 Å². The quantitative estimate of drug-likeness (QED) is 0.491. The average Bonchev–Trinajstić information content (AvgIpc) is 3.03. The Balaban J connectivity index is 1.66. The van der Waals surface area contributed by atoms with Crippen LogP contribution in [0.2, 0.25) is 0 Å². The van der Waals surface area contributed by atoms with Crippen LogP contribution in [0, 0.1) is 18.8 Å². The number of furan rings is 1. The third-order valence-electron chi connectivity index (χ3n) is 4.53. The molecule has 5 heteroatoms. The lowest BCUT2D eigenvalue weighted by atomic mass is 10.0. The molecule has 1 saturated carbocycles. The summed E-state index contributed by atoms with van der Waals surface area (Å²) in [5.41, 5.74) is 2.69. The third kappa shape index (κ3) is 2.40. The van der Waals surface area contributed by atoms with Crippen molar-refractivity contribution in [3.05, 3.63) is 23.2 Å². The Kier molecular flexibility index (Phi) is 3.33. The zero-order valence-electron chi connectivity index (χ0n) is 11.3. The van der Waals surface area contributed by atoms with E-state index in [9.17, 15) is 4.79 Å². The fraction of sp³-hybridized carbons (Fsp3) is 0.643. The molecule has 2 aliphatic rings. The van der Waals surface area contributed by atoms with Crippen LogP contribution in [0.15, 0.2) is 10.5 Å². The van der Waals surface area contributed by atoms with Crippen LogP contribution in [-0.4, -0.2) is 23.9 Å². The van der Waals surface area contributed by atoms with Gasteiger partial charge in [-0.15, -0.1) is 0 Å². The van der Waals surface area contributed by atoms with Gasteiger partial charge in [-0.3, -0.25) is 15.1 Å². The minimum atomic E-state index is -0.286. The number of hydrogen-bond acceptors (Lipinski definition) is 4. The lowest BCUT2D eigenvalue weighted by Gasteiger charge is -2.14. The Hall–Kier alpha value is -1.33. The first-order chi connectivity index (χ1) is 9.17. The maximum absolute atomic E-state index is 11.5. The number of carbonyl (C=O) groups is 1. The molecule has 1 saturated heterocycles. The van der Waals surface area contributed by atoms with Gasteiger partial charge in [-0.25, -0.2) is 5.84 Å². The van der Waals surface area contributed by atoms with Crippen LogP contribution in [0.3, 0.4) is 0 Å². The van der Waals surface area contributed by atoms with Gasteiger partial charge in [0.1, 0.15) is 11.5 Å². The Bertz CT molecular complexity index is 471. The highest BCUT2D eigenvalue weighted by atomic mass is 16.3. The molecule has 0 spiro atoms. The highest BCUT2D eigenvalue weighted by Gasteiger charge is 2.36. The van der Waals surface area contributed by atoms with E-state index in [1.54, 1.807) is 6.92 Å². The molecule has 3 rings (SSSR count). The summed E-state index contributed by atoms with van der Waals surface area (Å²) in [6, 6.07) is 1.81. The Morgan fingerprint density at radius 3 is 2.79 bits per heavy atom. The van der Waals surface area contributed by atoms with E-state index in [0.717, 1.165) is 24.1 Å². The van der Waals surface area contributed by atoms with E-state index < -0.39 is 0 Å². The van der Waals surface area contributed by atoms with Crippen molar-refractivity contribution in [2.75, 3.05) is 13.1 Å². The molecule has 5 nitrogen and oxygen atoms in total. The molecule has 3 N–H and O–H groups in total. The Morgan fingerprint density at radius 2 is 2.16 bits per heavy atom. The van der Waals surface area contributed by atoms with E-state index >= 15 is 0 Å². The van der Waals surface area contributed by atoms with E-state index in [0.29, 0.717) is 11.3 Å². The molecule has 1 aromatic rings. The number of hydrazine groups is 1. The number of nitrogens with zero attached hydrogens (tertiary/aromatic N) is 1. The standard InChI is InChI=1S/C14H21N3O2/c1-9-13(14(18)16-15)5-12(19-9)8-17-6-10-3-2-4-11(10)7-17/h5,10-11H,2-4,6-8,15H2,1H3,(H,16,18). The van der Waals surface area contributed by atoms with Crippen LogP contribution in [0.5, 0.6) is 0 Å². The minimum absolute atomic E-state index is 0.286. The van der Waals surface area contributed by atoms with Crippen LogP contribution >= 0.6 is 0 Å². The number of nitrogens with one attached hydrogen (secondary N) is 1. The summed E-state index contributed by atoms with van der Waals surface area (Å²) in [6.45, 7) is 4.93. The molecule has 0 bridgehead atoms. The Labute approximate surface area is 113 Å². The fourth-order valence-electron chi connectivity index (χ4n) is 3.61. The van der Waals surface area contributed by atoms with Gasteiger partial charge in [0.05, 0.1) is 12.1 Å². The van der Waals surface area contributed by atoms with Gasteiger partial charge in [-0.2, -0.15) is 0 Å². The molecule has 1 aliphatic carbocycles. The van der Waals surface area contributed by atoms with Crippen molar-refractivity contribution in [3.63, 3.8) is 0 Å². The smallest absolute Gasteiger partial charge is 0.268 e. The number of nitrogens with two attached hydrogens (primary N) is 1. The van der Waals surface area contributed by atoms with E-state index in [1.807, 2.05) is 6.07 Å². The third-order valence-corrected chi connectivity index (χ3v) is 4.53. The number of rotatable bonds is 3. The molecule has 2 atom stereocenters. The van der Waals surface area contributed by atoms with Crippen LogP contribution in [0.1, 0.15) is 41.1 Å². The van der Waals surface area contributed by atoms with Crippen LogP contribution in [0.4, 0.5) is 0 Å². The van der Waals surface area contributed by atoms with E-state index in [4.69, 9.17) is 10.3 Å². The maximum Gasteiger partial charge on any atom is 0.268 e. The van der Waals surface area contributed by atoms with Crippen molar-refractivity contribution in [2.24, 2.45) is 17.7 Å². The number of nitrogen functional groups attached to an aromatic ring is 1. The van der Waals surface area contributed by atoms with Gasteiger partial charge in [0, 0.05) is 13.1 Å². The predicted molar refractivity (Wildman–Crippen MR) is 71.2 cm³/mol. The lowest BCUT2D eigenvalue weighted by Crippen LogP contribution is -2.30. The van der Waals surface area contributed by atoms with E-state index in [1.165, 1.54) is 32.4 Å². The molecule has 0 radical (unpaired) electrons. The highest BCUT2D eigenvalue weighted by Crippen LogP contribution is 2.38. The number of aryl methyl sites for hydroxylation is 1. The zero-order chi connectivity index (χ0) is 13.4. The summed E-state index contributed by atoms with van der Waals surface area (Å²) >= 11 is 0. The van der Waals surface area contributed by atoms with E-state index in [2.05, 4.69) is 10.3 Å². The number of carbonyl (C=O) groups excluding carboxylic acids is 1. The summed E-state index contributed by atoms with van der Waals surface area (Å²) in [5.74, 6) is 8.12. The molecule has 2 fully saturated rings. The van der Waals surface area contributed by atoms with Crippen LogP contribution in [0.25, 0.3) is 0 Å². The monoisotopic (exact) mass is 263 g/mol. The summed E-state index contributed by atoms with van der Waals surface area (Å²) in [7, 11) is 0. The number of hydrogen-bond donors (Lipinski definition) is 2. The van der Waals surface area contributed by atoms with E-state index in [-0.39, 0.29) is 5.91 Å². The Morgan fingerprint density at radius 1 is 1.47 bits per heavy atom. The molecular formula is C14H21N3O2. The molecule has 19 heavy (non-hydrogen) atoms. The second kappa shape index (κ2) is 4.98. The van der Waals surface area contributed by atoms with Gasteiger partial charge in [-0.05, 0) is 37.7 Å². The van der Waals surface area contributed by atoms with Gasteiger partial charge in [0.2, 0.25) is 0 Å². The largest absolute Gasteiger partial charge is 0.464 e. The molecule has 1 aliphatic heterocycles. The van der Waals surface area contributed by atoms with Crippen molar-refractivity contribution >= 4 is 5.91 Å². The molecule has 104 valence electrons. The average molecular weight is 263 g/mol. The van der Waals surface area contributed by atoms with Crippen molar-refractivity contribution in [3.8, 4) is 0 Å². The number of likely N-dealkylation sites (tertiary alicyclic amines) is 1. The normalized spacial score (nSPS) is 26.6. The van der Waals surface area contributed by atoms with Gasteiger partial charge in [0.25, 0.3) is 5.91 Å². The van der Waals surface area contributed by atoms with Gasteiger partial charge in [0.15, 0.2) is 0 Å². The highest BCUT2D eigenvalue weighted by molar-refractivity contribution is 5.94. The lowest BCUT2D eigenvalue weighted by molar-refractivity contribution is 0.0952. The second-order valence-electron chi connectivity index (χ2n) is 5.80. The fourth-order valence-corrected chi connectivity index (χ4v) is 3.61. The van der Waals surface area contributed by atoms with Crippen molar-refractivity contribution < 1.29 is 9.21 Å². The second-order valence-corrected chi connectivity index (χ2v) is 5.80. The first kappa shape index (κ1) is 12.7. The van der Waals surface area contributed by atoms with Gasteiger partial charge < -0.3 is 4.42 Å². The van der Waals surface area contributed by atoms with Gasteiger partial charge >= 0.3 is 0 Å². The summed E-state index contributed by atoms with van der Waals surface area (Å²) in [6.07, 6.45) is 4.14. The maximum atomic E-state index is 11.5. The molecule has 2 unspecified atom stereocenters. The molecule has 2 heterocycles. The van der Waals surface area contributed by atoms with Gasteiger partial charge in [-0.1, -0.05) is 6.42 Å². The molecule has 0 aromatic carbocycles. The van der Waals surface area contributed by atoms with Crippen LogP contribution in [-0.2, 0) is 6.54 Å². The van der Waals surface area contributed by atoms with Crippen molar-refractivity contribution in [2.45, 2.75) is 32.7 Å². The number of amides is 1. The van der Waals surface area contributed by atoms with Crippen LogP contribution < -0.4 is 11.3 Å². The zero-order valence-corrected chi connectivity index (χ0v) is 11.3. The summed E-state index contributed by atoms with van der Waals surface area (Å²) in [5, 5.41) is 0.